The molecule has 12 heteroatoms. The molecule has 4 aromatic rings. The lowest BCUT2D eigenvalue weighted by molar-refractivity contribution is -0.138. The number of hydrogen-bond donors (Lipinski definition) is 2. The standard InChI is InChI=1S/C40H33ClFN3O7/c1-51-26-18-31(46)34(32(19-26)52-2)35-27-16-17-28-33(38(49)44(36(28)47)25-6-4-3-5-7-25)29(27)20-30-37(48)45(43-24-14-12-23(42)13-15-24)39(50)40(30,35)21-8-10-22(41)11-9-21/h3-16,18-19,28-30,33,35,43,46H,17,20H2,1-2H3/t28-,29+,30-,33-,35+,40+/m0/s1. The van der Waals surface area contributed by atoms with Gasteiger partial charge in [-0.05, 0) is 72.9 Å². The molecule has 3 fully saturated rings. The summed E-state index contributed by atoms with van der Waals surface area (Å²) in [5.74, 6) is -6.56. The Labute approximate surface area is 303 Å². The second-order valence-corrected chi connectivity index (χ2v) is 13.9. The highest BCUT2D eigenvalue weighted by atomic mass is 35.5. The number of aromatic hydroxyl groups is 1. The average molecular weight is 722 g/mol. The highest BCUT2D eigenvalue weighted by Crippen LogP contribution is 2.66. The Kier molecular flexibility index (Phi) is 8.06. The van der Waals surface area contributed by atoms with E-state index in [0.29, 0.717) is 33.3 Å². The molecule has 4 aliphatic rings. The first-order valence-corrected chi connectivity index (χ1v) is 17.2. The number of amides is 4. The predicted molar refractivity (Wildman–Crippen MR) is 189 cm³/mol. The van der Waals surface area contributed by atoms with E-state index in [1.54, 1.807) is 60.7 Å². The molecule has 2 N–H and O–H groups in total. The Balaban J connectivity index is 1.37. The van der Waals surface area contributed by atoms with E-state index in [0.717, 1.165) is 5.01 Å². The Bertz CT molecular complexity index is 2160. The van der Waals surface area contributed by atoms with Gasteiger partial charge in [-0.2, -0.15) is 5.01 Å². The van der Waals surface area contributed by atoms with Crippen LogP contribution in [-0.2, 0) is 24.6 Å². The number of carbonyl (C=O) groups excluding carboxylic acids is 4. The van der Waals surface area contributed by atoms with Gasteiger partial charge >= 0.3 is 0 Å². The van der Waals surface area contributed by atoms with Crippen molar-refractivity contribution in [1.82, 2.24) is 5.01 Å². The quantitative estimate of drug-likeness (QED) is 0.166. The third-order valence-electron chi connectivity index (χ3n) is 11.1. The van der Waals surface area contributed by atoms with Crippen molar-refractivity contribution in [2.45, 2.75) is 24.2 Å². The minimum absolute atomic E-state index is 0.0409. The summed E-state index contributed by atoms with van der Waals surface area (Å²) in [6, 6.07) is 23.6. The molecular formula is C40H33ClFN3O7. The highest BCUT2D eigenvalue weighted by molar-refractivity contribution is 6.30. The summed E-state index contributed by atoms with van der Waals surface area (Å²) in [6.07, 6.45) is 2.13. The molecule has 4 amide bonds. The third kappa shape index (κ3) is 4.82. The number of rotatable bonds is 7. The van der Waals surface area contributed by atoms with Crippen molar-refractivity contribution in [3.8, 4) is 17.2 Å². The number of hydrazine groups is 1. The molecule has 10 nitrogen and oxygen atoms in total. The van der Waals surface area contributed by atoms with Gasteiger partial charge in [-0.15, -0.1) is 0 Å². The Morgan fingerprint density at radius 3 is 2.25 bits per heavy atom. The van der Waals surface area contributed by atoms with Crippen molar-refractivity contribution in [2.75, 3.05) is 24.5 Å². The number of anilines is 2. The van der Waals surface area contributed by atoms with Gasteiger partial charge < -0.3 is 14.6 Å². The van der Waals surface area contributed by atoms with Gasteiger partial charge in [0, 0.05) is 28.6 Å². The zero-order chi connectivity index (χ0) is 36.5. The molecule has 1 saturated carbocycles. The largest absolute Gasteiger partial charge is 0.507 e. The summed E-state index contributed by atoms with van der Waals surface area (Å²) in [6.45, 7) is 0. The van der Waals surface area contributed by atoms with Gasteiger partial charge in [0.15, 0.2) is 0 Å². The van der Waals surface area contributed by atoms with Crippen LogP contribution in [0.25, 0.3) is 0 Å². The van der Waals surface area contributed by atoms with Gasteiger partial charge in [0.25, 0.3) is 11.8 Å². The van der Waals surface area contributed by atoms with Crippen LogP contribution in [0.1, 0.15) is 29.9 Å². The van der Waals surface area contributed by atoms with Gasteiger partial charge in [0.2, 0.25) is 11.8 Å². The zero-order valence-corrected chi connectivity index (χ0v) is 28.8. The van der Waals surface area contributed by atoms with Crippen molar-refractivity contribution in [2.24, 2.45) is 23.7 Å². The maximum absolute atomic E-state index is 15.3. The lowest BCUT2D eigenvalue weighted by Gasteiger charge is -2.50. The monoisotopic (exact) mass is 721 g/mol. The van der Waals surface area contributed by atoms with Crippen molar-refractivity contribution < 1.29 is 38.1 Å². The number of imide groups is 2. The fourth-order valence-corrected chi connectivity index (χ4v) is 9.09. The Morgan fingerprint density at radius 1 is 0.865 bits per heavy atom. The molecule has 0 bridgehead atoms. The fourth-order valence-electron chi connectivity index (χ4n) is 8.96. The summed E-state index contributed by atoms with van der Waals surface area (Å²) in [7, 11) is 2.87. The Morgan fingerprint density at radius 2 is 1.58 bits per heavy atom. The van der Waals surface area contributed by atoms with E-state index in [1.165, 1.54) is 49.5 Å². The number of nitrogens with one attached hydrogen (secondary N) is 1. The smallest absolute Gasteiger partial charge is 0.260 e. The molecule has 2 saturated heterocycles. The number of phenols is 1. The molecule has 4 aromatic carbocycles. The molecule has 2 aliphatic heterocycles. The lowest BCUT2D eigenvalue weighted by atomic mass is 9.49. The molecule has 2 aliphatic carbocycles. The predicted octanol–water partition coefficient (Wildman–Crippen LogP) is 6.39. The van der Waals surface area contributed by atoms with Crippen LogP contribution in [0.15, 0.2) is 103 Å². The number of benzene rings is 4. The van der Waals surface area contributed by atoms with Gasteiger partial charge in [0.1, 0.15) is 23.1 Å². The van der Waals surface area contributed by atoms with Crippen LogP contribution in [0.5, 0.6) is 17.2 Å². The number of halogens is 2. The van der Waals surface area contributed by atoms with Crippen molar-refractivity contribution >= 4 is 46.6 Å². The van der Waals surface area contributed by atoms with Crippen LogP contribution in [0.3, 0.4) is 0 Å². The van der Waals surface area contributed by atoms with E-state index in [9.17, 15) is 23.9 Å². The molecule has 52 heavy (non-hydrogen) atoms. The topological polar surface area (TPSA) is 125 Å². The van der Waals surface area contributed by atoms with E-state index >= 15 is 4.79 Å². The average Bonchev–Trinajstić information content (AvgIpc) is 3.53. The van der Waals surface area contributed by atoms with Gasteiger partial charge in [-0.3, -0.25) is 29.5 Å². The Hall–Kier alpha value is -5.68. The van der Waals surface area contributed by atoms with Crippen LogP contribution < -0.4 is 19.8 Å². The SMILES string of the molecule is COc1cc(O)c([C@H]2C3=CC[C@@H]4C(=O)N(c5ccccc5)C(=O)[C@@H]4[C@@H]3C[C@H]3C(=O)N(Nc4ccc(F)cc4)C(=O)[C@@]23c2ccc(Cl)cc2)c(OC)c1. The van der Waals surface area contributed by atoms with Gasteiger partial charge in [-0.25, -0.2) is 4.39 Å². The second-order valence-electron chi connectivity index (χ2n) is 13.5. The number of methoxy groups -OCH3 is 2. The summed E-state index contributed by atoms with van der Waals surface area (Å²) in [5.41, 5.74) is 3.26. The summed E-state index contributed by atoms with van der Waals surface area (Å²) in [5, 5.41) is 13.2. The number of hydrogen-bond acceptors (Lipinski definition) is 8. The highest BCUT2D eigenvalue weighted by Gasteiger charge is 2.71. The summed E-state index contributed by atoms with van der Waals surface area (Å²) < 4.78 is 25.2. The number of allylic oxidation sites excluding steroid dienone is 2. The van der Waals surface area contributed by atoms with Crippen LogP contribution in [0.4, 0.5) is 15.8 Å². The van der Waals surface area contributed by atoms with Crippen molar-refractivity contribution in [1.29, 1.82) is 0 Å². The number of para-hydroxylation sites is 1. The molecule has 264 valence electrons. The number of ether oxygens (including phenoxy) is 2. The number of fused-ring (bicyclic) bond motifs is 4. The number of nitrogens with zero attached hydrogens (tertiary/aromatic N) is 2. The van der Waals surface area contributed by atoms with E-state index in [-0.39, 0.29) is 35.8 Å². The first-order chi connectivity index (χ1) is 25.1. The summed E-state index contributed by atoms with van der Waals surface area (Å²) >= 11 is 6.37. The van der Waals surface area contributed by atoms with E-state index in [4.69, 9.17) is 21.1 Å². The molecule has 0 unspecified atom stereocenters. The van der Waals surface area contributed by atoms with Gasteiger partial charge in [-0.1, -0.05) is 53.6 Å². The fraction of sp³-hybridized carbons (Fsp3) is 0.250. The van der Waals surface area contributed by atoms with E-state index < -0.39 is 58.5 Å². The van der Waals surface area contributed by atoms with Gasteiger partial charge in [0.05, 0.1) is 48.8 Å². The zero-order valence-electron chi connectivity index (χ0n) is 28.1. The molecule has 2 heterocycles. The molecule has 0 spiro atoms. The maximum Gasteiger partial charge on any atom is 0.260 e. The number of carbonyl (C=O) groups is 4. The van der Waals surface area contributed by atoms with Crippen LogP contribution in [-0.4, -0.2) is 48.0 Å². The minimum atomic E-state index is -1.70. The van der Waals surface area contributed by atoms with Crippen molar-refractivity contribution in [3.63, 3.8) is 0 Å². The summed E-state index contributed by atoms with van der Waals surface area (Å²) in [4.78, 5) is 59.8. The van der Waals surface area contributed by atoms with E-state index in [2.05, 4.69) is 5.43 Å². The first kappa shape index (κ1) is 33.5. The molecular weight excluding hydrogens is 689 g/mol. The molecule has 6 atom stereocenters. The van der Waals surface area contributed by atoms with Crippen molar-refractivity contribution in [3.05, 3.63) is 125 Å². The van der Waals surface area contributed by atoms with Crippen LogP contribution >= 0.6 is 11.6 Å². The maximum atomic E-state index is 15.3. The van der Waals surface area contributed by atoms with Crippen LogP contribution in [0, 0.1) is 29.5 Å². The van der Waals surface area contributed by atoms with E-state index in [1.807, 2.05) is 6.08 Å². The number of phenolic OH excluding ortho intramolecular Hbond substituents is 1. The second kappa shape index (κ2) is 12.5. The first-order valence-electron chi connectivity index (χ1n) is 16.8. The van der Waals surface area contributed by atoms with Crippen LogP contribution in [0.2, 0.25) is 5.02 Å². The lowest BCUT2D eigenvalue weighted by Crippen LogP contribution is -2.53. The normalized spacial score (nSPS) is 26.5. The third-order valence-corrected chi connectivity index (χ3v) is 11.4. The molecule has 0 radical (unpaired) electrons. The molecule has 8 rings (SSSR count). The minimum Gasteiger partial charge on any atom is -0.507 e. The molecule has 0 aromatic heterocycles.